The van der Waals surface area contributed by atoms with Crippen LogP contribution in [-0.4, -0.2) is 20.2 Å². The molecule has 0 atom stereocenters. The van der Waals surface area contributed by atoms with Gasteiger partial charge in [0.2, 0.25) is 0 Å². The minimum absolute atomic E-state index is 0.814. The van der Waals surface area contributed by atoms with E-state index in [0.29, 0.717) is 0 Å². The highest BCUT2D eigenvalue weighted by Gasteiger charge is 2.10. The summed E-state index contributed by atoms with van der Waals surface area (Å²) in [5, 5.41) is 11.5. The van der Waals surface area contributed by atoms with Crippen molar-refractivity contribution >= 4 is 32.7 Å². The highest BCUT2D eigenvalue weighted by molar-refractivity contribution is 6.16. The zero-order valence-corrected chi connectivity index (χ0v) is 9.81. The lowest BCUT2D eigenvalue weighted by molar-refractivity contribution is 1.07. The number of benzene rings is 1. The number of aromatic nitrogens is 4. The van der Waals surface area contributed by atoms with Crippen LogP contribution in [-0.2, 0) is 0 Å². The van der Waals surface area contributed by atoms with Gasteiger partial charge in [-0.3, -0.25) is 10.1 Å². The molecule has 4 heteroatoms. The largest absolute Gasteiger partial charge is 0.261 e. The lowest BCUT2D eigenvalue weighted by Crippen LogP contribution is -1.82. The van der Waals surface area contributed by atoms with Crippen molar-refractivity contribution < 1.29 is 0 Å². The molecule has 0 aliphatic rings. The zero-order valence-electron chi connectivity index (χ0n) is 9.81. The maximum atomic E-state index is 4.69. The van der Waals surface area contributed by atoms with Crippen molar-refractivity contribution in [1.82, 2.24) is 20.2 Å². The predicted octanol–water partition coefficient (Wildman–Crippen LogP) is 2.97. The standard InChI is InChI=1S/C14H10N4/c1-8-10-6-15-14-13(10)11(7-16-18-14)9-4-2-3-5-12(9)17-8/h2-7H,1H3,(H,15,18). The summed E-state index contributed by atoms with van der Waals surface area (Å²) < 4.78 is 0. The Labute approximate surface area is 103 Å². The van der Waals surface area contributed by atoms with Crippen molar-refractivity contribution in [2.45, 2.75) is 6.92 Å². The van der Waals surface area contributed by atoms with E-state index in [1.54, 1.807) is 0 Å². The quantitative estimate of drug-likeness (QED) is 0.509. The Morgan fingerprint density at radius 2 is 1.89 bits per heavy atom. The number of hydrogen-bond donors (Lipinski definition) is 1. The molecule has 0 amide bonds. The molecule has 0 unspecified atom stereocenters. The third-order valence-electron chi connectivity index (χ3n) is 3.33. The van der Waals surface area contributed by atoms with E-state index in [1.807, 2.05) is 37.5 Å². The van der Waals surface area contributed by atoms with Gasteiger partial charge in [0, 0.05) is 33.4 Å². The number of rotatable bonds is 0. The molecule has 0 saturated heterocycles. The van der Waals surface area contributed by atoms with E-state index in [4.69, 9.17) is 0 Å². The van der Waals surface area contributed by atoms with Crippen LogP contribution in [0.2, 0.25) is 0 Å². The second-order valence-electron chi connectivity index (χ2n) is 4.39. The minimum atomic E-state index is 0.814. The highest BCUT2D eigenvalue weighted by Crippen LogP contribution is 2.29. The van der Waals surface area contributed by atoms with Crippen molar-refractivity contribution in [2.75, 3.05) is 0 Å². The Morgan fingerprint density at radius 3 is 2.83 bits per heavy atom. The van der Waals surface area contributed by atoms with Gasteiger partial charge in [-0.15, -0.1) is 0 Å². The van der Waals surface area contributed by atoms with Crippen LogP contribution >= 0.6 is 0 Å². The Hall–Kier alpha value is -2.49. The van der Waals surface area contributed by atoms with E-state index >= 15 is 0 Å². The third-order valence-corrected chi connectivity index (χ3v) is 3.33. The summed E-state index contributed by atoms with van der Waals surface area (Å²) in [5.74, 6) is 0. The fourth-order valence-corrected chi connectivity index (χ4v) is 2.48. The first-order valence-corrected chi connectivity index (χ1v) is 5.82. The molecule has 0 radical (unpaired) electrons. The molecular formula is C14H10N4. The SMILES string of the molecule is Cc1nc2ccccc2c2cn[nH]c3ncc1c32. The van der Waals surface area contributed by atoms with E-state index < -0.39 is 0 Å². The molecule has 3 aromatic heterocycles. The number of para-hydroxylation sites is 1. The van der Waals surface area contributed by atoms with Gasteiger partial charge >= 0.3 is 0 Å². The van der Waals surface area contributed by atoms with Gasteiger partial charge < -0.3 is 0 Å². The third kappa shape index (κ3) is 1.12. The molecule has 18 heavy (non-hydrogen) atoms. The van der Waals surface area contributed by atoms with Crippen LogP contribution in [0.4, 0.5) is 0 Å². The smallest absolute Gasteiger partial charge is 0.154 e. The van der Waals surface area contributed by atoms with Crippen LogP contribution in [0.25, 0.3) is 32.7 Å². The molecule has 0 saturated carbocycles. The molecule has 1 N–H and O–H groups in total. The van der Waals surface area contributed by atoms with Crippen molar-refractivity contribution in [3.8, 4) is 0 Å². The summed E-state index contributed by atoms with van der Waals surface area (Å²) in [6.07, 6.45) is 3.71. The molecule has 0 bridgehead atoms. The lowest BCUT2D eigenvalue weighted by atomic mass is 10.1. The number of hydrogen-bond acceptors (Lipinski definition) is 3. The van der Waals surface area contributed by atoms with Crippen LogP contribution in [0, 0.1) is 6.92 Å². The van der Waals surface area contributed by atoms with Crippen molar-refractivity contribution in [3.05, 3.63) is 42.4 Å². The number of fused-ring (bicyclic) bond motifs is 2. The molecule has 4 nitrogen and oxygen atoms in total. The molecule has 0 spiro atoms. The topological polar surface area (TPSA) is 54.5 Å². The summed E-state index contributed by atoms with van der Waals surface area (Å²) >= 11 is 0. The zero-order chi connectivity index (χ0) is 12.1. The first-order chi connectivity index (χ1) is 8.84. The number of H-pyrrole nitrogens is 1. The number of aromatic amines is 1. The van der Waals surface area contributed by atoms with Crippen molar-refractivity contribution in [3.63, 3.8) is 0 Å². The summed E-state index contributed by atoms with van der Waals surface area (Å²) in [4.78, 5) is 9.04. The number of nitrogens with one attached hydrogen (secondary N) is 1. The van der Waals surface area contributed by atoms with E-state index in [0.717, 1.165) is 38.4 Å². The average molecular weight is 234 g/mol. The second-order valence-corrected chi connectivity index (χ2v) is 4.39. The second kappa shape index (κ2) is 3.26. The van der Waals surface area contributed by atoms with Gasteiger partial charge in [0.1, 0.15) is 0 Å². The van der Waals surface area contributed by atoms with Gasteiger partial charge in [-0.1, -0.05) is 18.2 Å². The first-order valence-electron chi connectivity index (χ1n) is 5.82. The summed E-state index contributed by atoms with van der Waals surface area (Å²) in [7, 11) is 0. The van der Waals surface area contributed by atoms with Gasteiger partial charge in [0.15, 0.2) is 5.65 Å². The Morgan fingerprint density at radius 1 is 1.00 bits per heavy atom. The van der Waals surface area contributed by atoms with Crippen LogP contribution in [0.15, 0.2) is 36.7 Å². The molecule has 4 aromatic rings. The fraction of sp³-hybridized carbons (Fsp3) is 0.0714. The van der Waals surface area contributed by atoms with Gasteiger partial charge in [0.25, 0.3) is 0 Å². The fourth-order valence-electron chi connectivity index (χ4n) is 2.48. The average Bonchev–Trinajstić information content (AvgIpc) is 2.78. The normalized spacial score (nSPS) is 11.6. The van der Waals surface area contributed by atoms with E-state index in [-0.39, 0.29) is 0 Å². The summed E-state index contributed by atoms with van der Waals surface area (Å²) in [6, 6.07) is 8.13. The first kappa shape index (κ1) is 9.53. The van der Waals surface area contributed by atoms with E-state index in [1.165, 1.54) is 0 Å². The van der Waals surface area contributed by atoms with Gasteiger partial charge in [0.05, 0.1) is 11.7 Å². The molecular weight excluding hydrogens is 224 g/mol. The summed E-state index contributed by atoms with van der Waals surface area (Å²) in [6.45, 7) is 2.02. The van der Waals surface area contributed by atoms with Gasteiger partial charge in [-0.2, -0.15) is 5.10 Å². The molecule has 1 aromatic carbocycles. The molecule has 4 rings (SSSR count). The molecule has 0 fully saturated rings. The van der Waals surface area contributed by atoms with Crippen LogP contribution in [0.3, 0.4) is 0 Å². The molecule has 86 valence electrons. The Balaban J connectivity index is 2.48. The maximum Gasteiger partial charge on any atom is 0.154 e. The number of nitrogens with zero attached hydrogens (tertiary/aromatic N) is 3. The molecule has 3 heterocycles. The Kier molecular flexibility index (Phi) is 1.73. The highest BCUT2D eigenvalue weighted by atomic mass is 15.1. The molecule has 0 aliphatic heterocycles. The monoisotopic (exact) mass is 234 g/mol. The summed E-state index contributed by atoms with van der Waals surface area (Å²) in [5.41, 5.74) is 2.79. The van der Waals surface area contributed by atoms with Gasteiger partial charge in [-0.05, 0) is 13.0 Å². The predicted molar refractivity (Wildman–Crippen MR) is 71.4 cm³/mol. The lowest BCUT2D eigenvalue weighted by Gasteiger charge is -1.95. The van der Waals surface area contributed by atoms with Crippen LogP contribution in [0.1, 0.15) is 5.69 Å². The van der Waals surface area contributed by atoms with Crippen LogP contribution < -0.4 is 0 Å². The number of aryl methyl sites for hydroxylation is 1. The van der Waals surface area contributed by atoms with E-state index in [2.05, 4.69) is 26.2 Å². The van der Waals surface area contributed by atoms with E-state index in [9.17, 15) is 0 Å². The van der Waals surface area contributed by atoms with Gasteiger partial charge in [-0.25, -0.2) is 4.98 Å². The van der Waals surface area contributed by atoms with Crippen molar-refractivity contribution in [1.29, 1.82) is 0 Å². The van der Waals surface area contributed by atoms with Crippen molar-refractivity contribution in [2.24, 2.45) is 0 Å². The maximum absolute atomic E-state index is 4.69. The Bertz CT molecular complexity index is 892. The van der Waals surface area contributed by atoms with Crippen LogP contribution in [0.5, 0.6) is 0 Å². The minimum Gasteiger partial charge on any atom is -0.261 e. The molecule has 0 aliphatic carbocycles.